The predicted molar refractivity (Wildman–Crippen MR) is 117 cm³/mol. The van der Waals surface area contributed by atoms with Gasteiger partial charge >= 0.3 is 5.97 Å². The van der Waals surface area contributed by atoms with E-state index in [9.17, 15) is 9.59 Å². The van der Waals surface area contributed by atoms with Crippen LogP contribution in [0, 0.1) is 0 Å². The summed E-state index contributed by atoms with van der Waals surface area (Å²) in [5.74, 6) is 1.61. The highest BCUT2D eigenvalue weighted by atomic mass is 16.5. The van der Waals surface area contributed by atoms with E-state index in [0.717, 1.165) is 11.8 Å². The van der Waals surface area contributed by atoms with Crippen molar-refractivity contribution in [3.05, 3.63) is 66.4 Å². The lowest BCUT2D eigenvalue weighted by Gasteiger charge is -2.12. The van der Waals surface area contributed by atoms with E-state index in [4.69, 9.17) is 18.9 Å². The fourth-order valence-corrected chi connectivity index (χ4v) is 2.74. The van der Waals surface area contributed by atoms with Crippen molar-refractivity contribution in [3.8, 4) is 23.0 Å². The largest absolute Gasteiger partial charge is 0.494 e. The van der Waals surface area contributed by atoms with Crippen LogP contribution in [0.15, 0.2) is 55.3 Å². The van der Waals surface area contributed by atoms with Gasteiger partial charge in [0.2, 0.25) is 5.75 Å². The Morgan fingerprint density at radius 1 is 0.968 bits per heavy atom. The summed E-state index contributed by atoms with van der Waals surface area (Å²) >= 11 is 0. The number of hydrogen-bond donors (Lipinski definition) is 0. The van der Waals surface area contributed by atoms with Gasteiger partial charge < -0.3 is 23.7 Å². The molecule has 0 aliphatic heterocycles. The Labute approximate surface area is 181 Å². The molecule has 0 bridgehead atoms. The van der Waals surface area contributed by atoms with Crippen LogP contribution in [0.2, 0.25) is 0 Å². The predicted octanol–water partition coefficient (Wildman–Crippen LogP) is 4.45. The van der Waals surface area contributed by atoms with Gasteiger partial charge in [-0.1, -0.05) is 12.7 Å². The zero-order valence-electron chi connectivity index (χ0n) is 17.9. The van der Waals surface area contributed by atoms with E-state index in [1.54, 1.807) is 42.5 Å². The van der Waals surface area contributed by atoms with E-state index >= 15 is 0 Å². The molecule has 0 aliphatic rings. The lowest BCUT2D eigenvalue weighted by atomic mass is 10.1. The molecule has 0 saturated heterocycles. The average molecular weight is 426 g/mol. The third-order valence-electron chi connectivity index (χ3n) is 4.26. The summed E-state index contributed by atoms with van der Waals surface area (Å²) in [7, 11) is 4.60. The molecule has 2 aromatic carbocycles. The lowest BCUT2D eigenvalue weighted by molar-refractivity contribution is -0.138. The van der Waals surface area contributed by atoms with E-state index < -0.39 is 0 Å². The Balaban J connectivity index is 1.97. The van der Waals surface area contributed by atoms with Gasteiger partial charge in [0.25, 0.3) is 0 Å². The number of ether oxygens (including phenoxy) is 5. The second-order valence-electron chi connectivity index (χ2n) is 6.29. The summed E-state index contributed by atoms with van der Waals surface area (Å²) in [5.41, 5.74) is 1.25. The molecule has 7 nitrogen and oxygen atoms in total. The number of carbonyl (C=O) groups is 2. The molecule has 0 spiro atoms. The van der Waals surface area contributed by atoms with Crippen molar-refractivity contribution in [1.29, 1.82) is 0 Å². The smallest absolute Gasteiger partial charge is 0.310 e. The van der Waals surface area contributed by atoms with Gasteiger partial charge in [-0.2, -0.15) is 0 Å². The number of ketones is 1. The van der Waals surface area contributed by atoms with E-state index in [-0.39, 0.29) is 18.2 Å². The highest BCUT2D eigenvalue weighted by Gasteiger charge is 2.12. The van der Waals surface area contributed by atoms with Crippen molar-refractivity contribution in [2.24, 2.45) is 0 Å². The normalized spacial score (nSPS) is 10.4. The van der Waals surface area contributed by atoms with E-state index in [2.05, 4.69) is 11.3 Å². The van der Waals surface area contributed by atoms with Crippen molar-refractivity contribution >= 4 is 17.8 Å². The van der Waals surface area contributed by atoms with Crippen LogP contribution in [0.5, 0.6) is 23.0 Å². The highest BCUT2D eigenvalue weighted by Crippen LogP contribution is 2.38. The molecule has 0 heterocycles. The zero-order valence-corrected chi connectivity index (χ0v) is 17.9. The molecule has 0 radical (unpaired) electrons. The van der Waals surface area contributed by atoms with Gasteiger partial charge in [0.1, 0.15) is 5.75 Å². The summed E-state index contributed by atoms with van der Waals surface area (Å²) in [5, 5.41) is 0. The van der Waals surface area contributed by atoms with E-state index in [1.165, 1.54) is 27.4 Å². The third kappa shape index (κ3) is 6.92. The first-order valence-electron chi connectivity index (χ1n) is 9.58. The fourth-order valence-electron chi connectivity index (χ4n) is 2.74. The zero-order chi connectivity index (χ0) is 22.6. The maximum atomic E-state index is 12.5. The van der Waals surface area contributed by atoms with Gasteiger partial charge in [0, 0.05) is 12.0 Å². The maximum Gasteiger partial charge on any atom is 0.310 e. The van der Waals surface area contributed by atoms with Crippen LogP contribution in [0.1, 0.15) is 28.8 Å². The van der Waals surface area contributed by atoms with Crippen LogP contribution in [0.3, 0.4) is 0 Å². The van der Waals surface area contributed by atoms with Gasteiger partial charge in [-0.3, -0.25) is 9.59 Å². The molecule has 2 rings (SSSR count). The molecular weight excluding hydrogens is 400 g/mol. The van der Waals surface area contributed by atoms with Gasteiger partial charge in [-0.15, -0.1) is 0 Å². The number of methoxy groups -OCH3 is 3. The first-order chi connectivity index (χ1) is 15.0. The maximum absolute atomic E-state index is 12.5. The van der Waals surface area contributed by atoms with Crippen molar-refractivity contribution in [1.82, 2.24) is 0 Å². The standard InChI is InChI=1S/C24H26O7/c1-5-30-23(26)7-6-14-31-19-11-9-18(10-12-19)20(25)13-8-17-15-21(27-2)24(29-4)22(16-17)28-3/h5,8-13,15-16H,1,6-7,14H2,2-4H3. The molecular formula is C24H26O7. The Hall–Kier alpha value is -3.74. The Bertz CT molecular complexity index is 904. The van der Waals surface area contributed by atoms with Crippen LogP contribution in [-0.2, 0) is 9.53 Å². The number of rotatable bonds is 12. The van der Waals surface area contributed by atoms with Gasteiger partial charge in [0.05, 0.1) is 34.2 Å². The molecule has 0 amide bonds. The Morgan fingerprint density at radius 2 is 1.61 bits per heavy atom. The minimum absolute atomic E-state index is 0.160. The monoisotopic (exact) mass is 426 g/mol. The quantitative estimate of drug-likeness (QED) is 0.163. The van der Waals surface area contributed by atoms with Gasteiger partial charge in [-0.25, -0.2) is 0 Å². The van der Waals surface area contributed by atoms with Gasteiger partial charge in [0.15, 0.2) is 17.3 Å². The fraction of sp³-hybridized carbons (Fsp3) is 0.250. The minimum Gasteiger partial charge on any atom is -0.494 e. The number of hydrogen-bond acceptors (Lipinski definition) is 7. The van der Waals surface area contributed by atoms with E-state index in [0.29, 0.717) is 41.6 Å². The number of esters is 1. The van der Waals surface area contributed by atoms with Gasteiger partial charge in [-0.05, 0) is 54.5 Å². The van der Waals surface area contributed by atoms with Crippen molar-refractivity contribution in [2.75, 3.05) is 27.9 Å². The number of carbonyl (C=O) groups excluding carboxylic acids is 2. The first-order valence-corrected chi connectivity index (χ1v) is 9.58. The number of benzene rings is 2. The molecule has 0 saturated carbocycles. The molecule has 0 fully saturated rings. The van der Waals surface area contributed by atoms with Crippen LogP contribution in [-0.4, -0.2) is 39.7 Å². The number of allylic oxidation sites excluding steroid dienone is 1. The van der Waals surface area contributed by atoms with Crippen molar-refractivity contribution in [2.45, 2.75) is 12.8 Å². The Kier molecular flexibility index (Phi) is 9.16. The second-order valence-corrected chi connectivity index (χ2v) is 6.29. The molecule has 0 atom stereocenters. The summed E-state index contributed by atoms with van der Waals surface area (Å²) in [4.78, 5) is 23.7. The second kappa shape index (κ2) is 12.1. The topological polar surface area (TPSA) is 80.3 Å². The third-order valence-corrected chi connectivity index (χ3v) is 4.26. The van der Waals surface area contributed by atoms with Crippen LogP contribution in [0.4, 0.5) is 0 Å². The minimum atomic E-state index is -0.349. The molecule has 0 aromatic heterocycles. The molecule has 31 heavy (non-hydrogen) atoms. The Morgan fingerprint density at radius 3 is 2.16 bits per heavy atom. The lowest BCUT2D eigenvalue weighted by Crippen LogP contribution is -2.04. The summed E-state index contributed by atoms with van der Waals surface area (Å²) in [6, 6.07) is 10.3. The summed E-state index contributed by atoms with van der Waals surface area (Å²) in [6.07, 6.45) is 5.02. The summed E-state index contributed by atoms with van der Waals surface area (Å²) in [6.45, 7) is 3.69. The highest BCUT2D eigenvalue weighted by molar-refractivity contribution is 6.06. The van der Waals surface area contributed by atoms with E-state index in [1.807, 2.05) is 0 Å². The van der Waals surface area contributed by atoms with Crippen LogP contribution in [0.25, 0.3) is 6.08 Å². The van der Waals surface area contributed by atoms with Crippen molar-refractivity contribution in [3.63, 3.8) is 0 Å². The molecule has 7 heteroatoms. The molecule has 0 aliphatic carbocycles. The SMILES string of the molecule is C=COC(=O)CCCOc1ccc(C(=O)C=Cc2cc(OC)c(OC)c(OC)c2)cc1. The molecule has 2 aromatic rings. The molecule has 0 unspecified atom stereocenters. The average Bonchev–Trinajstić information content (AvgIpc) is 2.80. The molecule has 164 valence electrons. The van der Waals surface area contributed by atoms with Crippen molar-refractivity contribution < 1.29 is 33.3 Å². The van der Waals surface area contributed by atoms with Crippen LogP contribution < -0.4 is 18.9 Å². The molecule has 0 N–H and O–H groups in total. The summed E-state index contributed by atoms with van der Waals surface area (Å²) < 4.78 is 26.1. The first kappa shape index (κ1) is 23.5. The van der Waals surface area contributed by atoms with Crippen LogP contribution >= 0.6 is 0 Å².